The monoisotopic (exact) mass is 245 g/mol. The van der Waals surface area contributed by atoms with Gasteiger partial charge in [0, 0.05) is 12.5 Å². The van der Waals surface area contributed by atoms with Gasteiger partial charge in [-0.3, -0.25) is 9.63 Å². The Morgan fingerprint density at radius 1 is 1.69 bits per heavy atom. The zero-order chi connectivity index (χ0) is 12.0. The number of hydrogen-bond acceptors (Lipinski definition) is 6. The molecule has 6 nitrogen and oxygen atoms in total. The average Bonchev–Trinajstić information content (AvgIpc) is 2.73. The molecule has 0 fully saturated rings. The molecule has 16 heavy (non-hydrogen) atoms. The van der Waals surface area contributed by atoms with E-state index in [-0.39, 0.29) is 11.9 Å². The predicted molar refractivity (Wildman–Crippen MR) is 60.0 cm³/mol. The van der Waals surface area contributed by atoms with E-state index in [4.69, 9.17) is 15.3 Å². The van der Waals surface area contributed by atoms with Gasteiger partial charge in [0.25, 0.3) is 5.91 Å². The molecule has 0 spiro atoms. The highest BCUT2D eigenvalue weighted by Gasteiger charge is 2.12. The lowest BCUT2D eigenvalue weighted by molar-refractivity contribution is 0.00861. The number of hydroxylamine groups is 1. The highest BCUT2D eigenvalue weighted by atomic mass is 32.1. The number of nitrogens with one attached hydrogen (secondary N) is 1. The molecule has 0 aliphatic rings. The van der Waals surface area contributed by atoms with Crippen molar-refractivity contribution < 1.29 is 14.4 Å². The van der Waals surface area contributed by atoms with E-state index in [1.54, 1.807) is 12.5 Å². The quantitative estimate of drug-likeness (QED) is 0.562. The summed E-state index contributed by atoms with van der Waals surface area (Å²) in [5.74, 6) is -0.376. The molecule has 1 unspecified atom stereocenters. The van der Waals surface area contributed by atoms with Crippen LogP contribution >= 0.6 is 11.3 Å². The average molecular weight is 245 g/mol. The van der Waals surface area contributed by atoms with Crippen LogP contribution in [-0.2, 0) is 9.57 Å². The van der Waals surface area contributed by atoms with E-state index < -0.39 is 0 Å². The lowest BCUT2D eigenvalue weighted by Crippen LogP contribution is -2.25. The number of amides is 1. The summed E-state index contributed by atoms with van der Waals surface area (Å²) in [6.45, 7) is 2.53. The smallest absolute Gasteiger partial charge is 0.294 e. The number of methoxy groups -OCH3 is 1. The number of carbonyl (C=O) groups is 1. The minimum absolute atomic E-state index is 0.166. The maximum absolute atomic E-state index is 11.5. The molecule has 1 heterocycles. The van der Waals surface area contributed by atoms with Crippen molar-refractivity contribution in [2.75, 3.05) is 20.3 Å². The van der Waals surface area contributed by atoms with Crippen LogP contribution in [0.15, 0.2) is 5.38 Å². The van der Waals surface area contributed by atoms with E-state index in [1.807, 2.05) is 6.92 Å². The van der Waals surface area contributed by atoms with Crippen LogP contribution in [0.4, 0.5) is 0 Å². The van der Waals surface area contributed by atoms with E-state index in [9.17, 15) is 4.79 Å². The number of nitrogens with zero attached hydrogens (tertiary/aromatic N) is 1. The van der Waals surface area contributed by atoms with Gasteiger partial charge in [0.1, 0.15) is 10.7 Å². The van der Waals surface area contributed by atoms with Crippen molar-refractivity contribution >= 4 is 17.2 Å². The molecule has 1 rings (SSSR count). The van der Waals surface area contributed by atoms with Gasteiger partial charge in [0.2, 0.25) is 0 Å². The fourth-order valence-electron chi connectivity index (χ4n) is 0.895. The number of nitrogens with two attached hydrogens (primary N) is 1. The Morgan fingerprint density at radius 3 is 3.00 bits per heavy atom. The number of rotatable bonds is 6. The minimum atomic E-state index is -0.376. The molecule has 0 saturated carbocycles. The van der Waals surface area contributed by atoms with Gasteiger partial charge in [-0.1, -0.05) is 0 Å². The zero-order valence-electron chi connectivity index (χ0n) is 9.23. The van der Waals surface area contributed by atoms with Gasteiger partial charge < -0.3 is 10.5 Å². The number of hydrogen-bond donors (Lipinski definition) is 2. The lowest BCUT2D eigenvalue weighted by atomic mass is 10.4. The van der Waals surface area contributed by atoms with Crippen LogP contribution in [0.3, 0.4) is 0 Å². The van der Waals surface area contributed by atoms with Crippen molar-refractivity contribution in [2.45, 2.75) is 13.0 Å². The van der Waals surface area contributed by atoms with Crippen molar-refractivity contribution in [3.05, 3.63) is 16.1 Å². The van der Waals surface area contributed by atoms with Crippen molar-refractivity contribution in [1.82, 2.24) is 10.5 Å². The van der Waals surface area contributed by atoms with Gasteiger partial charge >= 0.3 is 0 Å². The SMILES string of the molecule is COCCONC(=O)c1csc(C(C)N)n1. The molecule has 1 aromatic rings. The third-order valence-electron chi connectivity index (χ3n) is 1.70. The molecule has 0 bridgehead atoms. The molecule has 1 aromatic heterocycles. The van der Waals surface area contributed by atoms with Gasteiger partial charge in [0.05, 0.1) is 19.3 Å². The first-order valence-electron chi connectivity index (χ1n) is 4.77. The number of ether oxygens (including phenoxy) is 1. The normalized spacial score (nSPS) is 12.4. The molecule has 1 atom stereocenters. The second-order valence-electron chi connectivity index (χ2n) is 3.13. The van der Waals surface area contributed by atoms with Crippen LogP contribution in [0.1, 0.15) is 28.5 Å². The number of thiazole rings is 1. The van der Waals surface area contributed by atoms with E-state index in [1.165, 1.54) is 11.3 Å². The summed E-state index contributed by atoms with van der Waals surface area (Å²) >= 11 is 1.35. The Morgan fingerprint density at radius 2 is 2.44 bits per heavy atom. The molecule has 90 valence electrons. The Labute approximate surface area is 97.7 Å². The Balaban J connectivity index is 2.40. The second-order valence-corrected chi connectivity index (χ2v) is 4.02. The fraction of sp³-hybridized carbons (Fsp3) is 0.556. The van der Waals surface area contributed by atoms with Crippen molar-refractivity contribution in [2.24, 2.45) is 5.73 Å². The summed E-state index contributed by atoms with van der Waals surface area (Å²) in [6.07, 6.45) is 0. The Bertz CT molecular complexity index is 340. The molecule has 0 aliphatic heterocycles. The van der Waals surface area contributed by atoms with Crippen molar-refractivity contribution in [3.63, 3.8) is 0 Å². The fourth-order valence-corrected chi connectivity index (χ4v) is 1.65. The van der Waals surface area contributed by atoms with E-state index in [0.29, 0.717) is 18.9 Å². The predicted octanol–water partition coefficient (Wildman–Crippen LogP) is 0.471. The van der Waals surface area contributed by atoms with Crippen LogP contribution in [0.25, 0.3) is 0 Å². The third-order valence-corrected chi connectivity index (χ3v) is 2.74. The molecule has 1 amide bonds. The van der Waals surface area contributed by atoms with E-state index >= 15 is 0 Å². The third kappa shape index (κ3) is 3.86. The molecule has 7 heteroatoms. The van der Waals surface area contributed by atoms with Crippen molar-refractivity contribution in [3.8, 4) is 0 Å². The lowest BCUT2D eigenvalue weighted by Gasteiger charge is -2.03. The molecule has 0 aromatic carbocycles. The van der Waals surface area contributed by atoms with Crippen LogP contribution in [0.5, 0.6) is 0 Å². The largest absolute Gasteiger partial charge is 0.382 e. The first-order chi connectivity index (χ1) is 7.65. The summed E-state index contributed by atoms with van der Waals surface area (Å²) in [5.41, 5.74) is 8.22. The maximum atomic E-state index is 11.5. The molecule has 0 radical (unpaired) electrons. The van der Waals surface area contributed by atoms with Crippen LogP contribution in [0.2, 0.25) is 0 Å². The summed E-state index contributed by atoms with van der Waals surface area (Å²) in [5, 5.41) is 2.37. The molecular weight excluding hydrogens is 230 g/mol. The molecule has 0 saturated heterocycles. The Kier molecular flexibility index (Phi) is 5.33. The number of carbonyl (C=O) groups excluding carboxylic acids is 1. The molecule has 0 aliphatic carbocycles. The summed E-state index contributed by atoms with van der Waals surface area (Å²) in [4.78, 5) is 20.4. The maximum Gasteiger partial charge on any atom is 0.294 e. The van der Waals surface area contributed by atoms with Gasteiger partial charge in [-0.25, -0.2) is 10.5 Å². The molecule has 3 N–H and O–H groups in total. The summed E-state index contributed by atoms with van der Waals surface area (Å²) < 4.78 is 4.76. The first-order valence-corrected chi connectivity index (χ1v) is 5.65. The van der Waals surface area contributed by atoms with Gasteiger partial charge in [-0.2, -0.15) is 0 Å². The molecular formula is C9H15N3O3S. The van der Waals surface area contributed by atoms with E-state index in [0.717, 1.165) is 5.01 Å². The topological polar surface area (TPSA) is 86.5 Å². The van der Waals surface area contributed by atoms with E-state index in [2.05, 4.69) is 10.5 Å². The van der Waals surface area contributed by atoms with Crippen LogP contribution < -0.4 is 11.2 Å². The number of aromatic nitrogens is 1. The zero-order valence-corrected chi connectivity index (χ0v) is 10.0. The summed E-state index contributed by atoms with van der Waals surface area (Å²) in [7, 11) is 1.56. The van der Waals surface area contributed by atoms with Gasteiger partial charge in [0.15, 0.2) is 0 Å². The van der Waals surface area contributed by atoms with Crippen LogP contribution in [0, 0.1) is 0 Å². The second kappa shape index (κ2) is 6.54. The van der Waals surface area contributed by atoms with Crippen molar-refractivity contribution in [1.29, 1.82) is 0 Å². The highest BCUT2D eigenvalue weighted by Crippen LogP contribution is 2.15. The van der Waals surface area contributed by atoms with Crippen LogP contribution in [-0.4, -0.2) is 31.2 Å². The van der Waals surface area contributed by atoms with Gasteiger partial charge in [-0.15, -0.1) is 11.3 Å². The Hall–Kier alpha value is -1.02. The minimum Gasteiger partial charge on any atom is -0.382 e. The standard InChI is InChI=1S/C9H15N3O3S/c1-6(10)9-11-7(5-16-9)8(13)12-15-4-3-14-2/h5-6H,3-4,10H2,1-2H3,(H,12,13). The highest BCUT2D eigenvalue weighted by molar-refractivity contribution is 7.09. The first kappa shape index (κ1) is 13.0. The summed E-state index contributed by atoms with van der Waals surface area (Å²) in [6, 6.07) is -0.166. The van der Waals surface area contributed by atoms with Gasteiger partial charge in [-0.05, 0) is 6.92 Å².